The number of hydrogen-bond acceptors (Lipinski definition) is 6. The van der Waals surface area contributed by atoms with Crippen LogP contribution in [-0.2, 0) is 28.6 Å². The molecule has 0 aliphatic carbocycles. The van der Waals surface area contributed by atoms with Crippen molar-refractivity contribution in [1.29, 1.82) is 0 Å². The first-order valence-corrected chi connectivity index (χ1v) is 7.15. The number of esters is 3. The van der Waals surface area contributed by atoms with E-state index in [-0.39, 0.29) is 5.33 Å². The van der Waals surface area contributed by atoms with Gasteiger partial charge in [-0.15, -0.1) is 0 Å². The van der Waals surface area contributed by atoms with Crippen molar-refractivity contribution in [2.24, 2.45) is 0 Å². The molecule has 1 saturated heterocycles. The predicted octanol–water partition coefficient (Wildman–Crippen LogP) is 0.934. The van der Waals surface area contributed by atoms with Gasteiger partial charge in [-0.3, -0.25) is 14.4 Å². The Labute approximate surface area is 121 Å². The average Bonchev–Trinajstić information content (AvgIpc) is 2.53. The van der Waals surface area contributed by atoms with E-state index in [1.54, 1.807) is 0 Å². The van der Waals surface area contributed by atoms with Crippen LogP contribution in [0.25, 0.3) is 0 Å². The van der Waals surface area contributed by atoms with Gasteiger partial charge in [0.2, 0.25) is 0 Å². The van der Waals surface area contributed by atoms with Gasteiger partial charge in [0.15, 0.2) is 23.1 Å². The van der Waals surface area contributed by atoms with Gasteiger partial charge in [0, 0.05) is 19.2 Å². The van der Waals surface area contributed by atoms with E-state index >= 15 is 0 Å². The Morgan fingerprint density at radius 3 is 2.44 bits per heavy atom. The van der Waals surface area contributed by atoms with Gasteiger partial charge in [0.25, 0.3) is 0 Å². The number of carbonyl (C=O) groups excluding carboxylic acids is 3. The number of hydrogen-bond donors (Lipinski definition) is 0. The van der Waals surface area contributed by atoms with Crippen molar-refractivity contribution in [3.63, 3.8) is 0 Å². The Morgan fingerprint density at radius 1 is 1.39 bits per heavy atom. The van der Waals surface area contributed by atoms with Crippen LogP contribution in [0.4, 0.5) is 0 Å². The van der Waals surface area contributed by atoms with E-state index in [0.717, 1.165) is 0 Å². The maximum absolute atomic E-state index is 11.5. The average molecular weight is 388 g/mol. The molecular weight excluding hydrogens is 376 g/mol. The SMILES string of the molecule is CC(=O)OC1[C@H](Br)C(=O)O[C@H]1[C@H](CBr)OC(C)=O. The van der Waals surface area contributed by atoms with Crippen LogP contribution in [0, 0.1) is 0 Å². The Kier molecular flexibility index (Phi) is 5.58. The van der Waals surface area contributed by atoms with E-state index in [0.29, 0.717) is 0 Å². The lowest BCUT2D eigenvalue weighted by Gasteiger charge is -2.25. The molecule has 102 valence electrons. The maximum atomic E-state index is 11.5. The van der Waals surface area contributed by atoms with Crippen molar-refractivity contribution in [2.45, 2.75) is 37.0 Å². The van der Waals surface area contributed by atoms with E-state index in [1.165, 1.54) is 13.8 Å². The maximum Gasteiger partial charge on any atom is 0.324 e. The second-order valence-corrected chi connectivity index (χ2v) is 5.31. The number of halogens is 2. The van der Waals surface area contributed by atoms with E-state index in [9.17, 15) is 14.4 Å². The molecule has 18 heavy (non-hydrogen) atoms. The molecule has 1 fully saturated rings. The molecule has 1 aliphatic heterocycles. The second kappa shape index (κ2) is 6.51. The van der Waals surface area contributed by atoms with Crippen LogP contribution < -0.4 is 0 Å². The van der Waals surface area contributed by atoms with Crippen molar-refractivity contribution in [2.75, 3.05) is 5.33 Å². The molecule has 0 N–H and O–H groups in total. The summed E-state index contributed by atoms with van der Waals surface area (Å²) < 4.78 is 15.1. The third-order valence-corrected chi connectivity index (χ3v) is 3.76. The predicted molar refractivity (Wildman–Crippen MR) is 67.5 cm³/mol. The van der Waals surface area contributed by atoms with E-state index in [1.807, 2.05) is 0 Å². The summed E-state index contributed by atoms with van der Waals surface area (Å²) in [5.74, 6) is -1.59. The minimum absolute atomic E-state index is 0.266. The number of ether oxygens (including phenoxy) is 3. The van der Waals surface area contributed by atoms with Gasteiger partial charge in [-0.05, 0) is 0 Å². The summed E-state index contributed by atoms with van der Waals surface area (Å²) in [7, 11) is 0. The van der Waals surface area contributed by atoms with E-state index in [4.69, 9.17) is 14.2 Å². The molecule has 1 heterocycles. The van der Waals surface area contributed by atoms with Crippen LogP contribution in [-0.4, -0.2) is 46.4 Å². The lowest BCUT2D eigenvalue weighted by atomic mass is 10.1. The lowest BCUT2D eigenvalue weighted by Crippen LogP contribution is -2.43. The van der Waals surface area contributed by atoms with Gasteiger partial charge in [-0.2, -0.15) is 0 Å². The first-order chi connectivity index (χ1) is 8.36. The zero-order valence-corrected chi connectivity index (χ0v) is 12.9. The molecule has 0 amide bonds. The van der Waals surface area contributed by atoms with Gasteiger partial charge in [-0.1, -0.05) is 31.9 Å². The third kappa shape index (κ3) is 3.68. The zero-order chi connectivity index (χ0) is 13.9. The van der Waals surface area contributed by atoms with Crippen LogP contribution in [0.2, 0.25) is 0 Å². The normalized spacial score (nSPS) is 28.4. The number of alkyl halides is 2. The van der Waals surface area contributed by atoms with E-state index < -0.39 is 41.0 Å². The van der Waals surface area contributed by atoms with Crippen LogP contribution in [0.5, 0.6) is 0 Å². The van der Waals surface area contributed by atoms with Gasteiger partial charge >= 0.3 is 17.9 Å². The third-order valence-electron chi connectivity index (χ3n) is 2.23. The molecule has 1 unspecified atom stereocenters. The van der Waals surface area contributed by atoms with Gasteiger partial charge in [0.1, 0.15) is 0 Å². The molecule has 0 saturated carbocycles. The quantitative estimate of drug-likeness (QED) is 0.405. The first kappa shape index (κ1) is 15.4. The molecule has 1 rings (SSSR count). The van der Waals surface area contributed by atoms with Crippen molar-refractivity contribution < 1.29 is 28.6 Å². The number of rotatable bonds is 4. The molecule has 0 aromatic carbocycles. The summed E-state index contributed by atoms with van der Waals surface area (Å²) in [6.07, 6.45) is -2.36. The van der Waals surface area contributed by atoms with Crippen LogP contribution >= 0.6 is 31.9 Å². The minimum atomic E-state index is -0.825. The van der Waals surface area contributed by atoms with Crippen molar-refractivity contribution >= 4 is 49.8 Å². The minimum Gasteiger partial charge on any atom is -0.458 e. The molecule has 0 spiro atoms. The number of cyclic esters (lactones) is 1. The van der Waals surface area contributed by atoms with Crippen molar-refractivity contribution in [1.82, 2.24) is 0 Å². The second-order valence-electron chi connectivity index (χ2n) is 3.68. The fourth-order valence-corrected chi connectivity index (χ4v) is 2.59. The molecule has 6 nitrogen and oxygen atoms in total. The summed E-state index contributed by atoms with van der Waals surface area (Å²) in [5.41, 5.74) is 0. The van der Waals surface area contributed by atoms with Gasteiger partial charge in [-0.25, -0.2) is 0 Å². The molecule has 4 atom stereocenters. The van der Waals surface area contributed by atoms with Crippen LogP contribution in [0.1, 0.15) is 13.8 Å². The molecule has 8 heteroatoms. The number of carbonyl (C=O) groups is 3. The standard InChI is InChI=1S/C10H12Br2O6/c1-4(13)16-6(3-11)8-9(17-5(2)14)7(12)10(15)18-8/h6-9H,3H2,1-2H3/t6-,7-,8-,9?/m0/s1. The Hall–Kier alpha value is -0.630. The Balaban J connectivity index is 2.85. The summed E-state index contributed by atoms with van der Waals surface area (Å²) in [4.78, 5) is 32.7. The summed E-state index contributed by atoms with van der Waals surface area (Å²) in [6.45, 7) is 2.48. The van der Waals surface area contributed by atoms with E-state index in [2.05, 4.69) is 31.9 Å². The molecule has 0 radical (unpaired) electrons. The molecular formula is C10H12Br2O6. The first-order valence-electron chi connectivity index (χ1n) is 5.11. The molecule has 1 aliphatic rings. The van der Waals surface area contributed by atoms with Gasteiger partial charge in [0.05, 0.1) is 0 Å². The highest BCUT2D eigenvalue weighted by Gasteiger charge is 2.50. The molecule has 0 bridgehead atoms. The Morgan fingerprint density at radius 2 is 2.00 bits per heavy atom. The molecule has 0 aromatic heterocycles. The smallest absolute Gasteiger partial charge is 0.324 e. The molecule has 0 aromatic rings. The van der Waals surface area contributed by atoms with Crippen molar-refractivity contribution in [3.8, 4) is 0 Å². The highest BCUT2D eigenvalue weighted by atomic mass is 79.9. The lowest BCUT2D eigenvalue weighted by molar-refractivity contribution is -0.165. The zero-order valence-electron chi connectivity index (χ0n) is 9.72. The topological polar surface area (TPSA) is 78.9 Å². The summed E-state index contributed by atoms with van der Waals surface area (Å²) in [6, 6.07) is 0. The van der Waals surface area contributed by atoms with Crippen LogP contribution in [0.15, 0.2) is 0 Å². The highest BCUT2D eigenvalue weighted by molar-refractivity contribution is 9.10. The fraction of sp³-hybridized carbons (Fsp3) is 0.700. The van der Waals surface area contributed by atoms with Gasteiger partial charge < -0.3 is 14.2 Å². The van der Waals surface area contributed by atoms with Crippen molar-refractivity contribution in [3.05, 3.63) is 0 Å². The summed E-state index contributed by atoms with van der Waals surface area (Å²) >= 11 is 6.26. The Bertz CT molecular complexity index is 358. The largest absolute Gasteiger partial charge is 0.458 e. The highest BCUT2D eigenvalue weighted by Crippen LogP contribution is 2.29. The monoisotopic (exact) mass is 386 g/mol. The fourth-order valence-electron chi connectivity index (χ4n) is 1.57. The summed E-state index contributed by atoms with van der Waals surface area (Å²) in [5, 5.41) is 0.266. The van der Waals surface area contributed by atoms with Crippen LogP contribution in [0.3, 0.4) is 0 Å².